The van der Waals surface area contributed by atoms with Crippen LogP contribution in [0.15, 0.2) is 18.2 Å². The van der Waals surface area contributed by atoms with Crippen molar-refractivity contribution in [3.05, 3.63) is 34.6 Å². The number of benzene rings is 1. The first-order valence-corrected chi connectivity index (χ1v) is 7.86. The van der Waals surface area contributed by atoms with Crippen molar-refractivity contribution >= 4 is 23.4 Å². The summed E-state index contributed by atoms with van der Waals surface area (Å²) in [7, 11) is 0. The Kier molecular flexibility index (Phi) is 7.05. The molecule has 0 aliphatic heterocycles. The molecule has 0 heterocycles. The van der Waals surface area contributed by atoms with E-state index in [1.165, 1.54) is 6.07 Å². The van der Waals surface area contributed by atoms with E-state index < -0.39 is 0 Å². The highest BCUT2D eigenvalue weighted by atomic mass is 35.5. The van der Waals surface area contributed by atoms with Crippen molar-refractivity contribution in [1.82, 2.24) is 5.32 Å². The Hall–Kier alpha value is -0.250. The summed E-state index contributed by atoms with van der Waals surface area (Å²) in [6, 6.07) is 5.56. The third kappa shape index (κ3) is 5.17. The first-order valence-electron chi connectivity index (χ1n) is 6.33. The number of hydrogen-bond donors (Lipinski definition) is 1. The zero-order valence-electron chi connectivity index (χ0n) is 11.2. The minimum absolute atomic E-state index is 0.137. The summed E-state index contributed by atoms with van der Waals surface area (Å²) in [5.74, 6) is 1.97. The standard InChI is InChI=1S/C14H21ClFNS/c1-4-18-8-7-10(2)17-11(3)12-5-6-13(15)14(16)9-12/h5-6,9-11,17H,4,7-8H2,1-3H3. The molecule has 1 nitrogen and oxygen atoms in total. The van der Waals surface area contributed by atoms with Gasteiger partial charge in [0.25, 0.3) is 0 Å². The lowest BCUT2D eigenvalue weighted by atomic mass is 10.1. The van der Waals surface area contributed by atoms with Gasteiger partial charge in [-0.15, -0.1) is 0 Å². The second-order valence-electron chi connectivity index (χ2n) is 4.45. The topological polar surface area (TPSA) is 12.0 Å². The average Bonchev–Trinajstić information content (AvgIpc) is 2.33. The molecule has 0 amide bonds. The fourth-order valence-electron chi connectivity index (χ4n) is 1.79. The lowest BCUT2D eigenvalue weighted by Gasteiger charge is -2.20. The lowest BCUT2D eigenvalue weighted by molar-refractivity contribution is 0.470. The monoisotopic (exact) mass is 289 g/mol. The fourth-order valence-corrected chi connectivity index (χ4v) is 2.72. The molecule has 2 atom stereocenters. The van der Waals surface area contributed by atoms with Crippen LogP contribution in [0.3, 0.4) is 0 Å². The molecule has 0 aliphatic carbocycles. The average molecular weight is 290 g/mol. The van der Waals surface area contributed by atoms with Gasteiger partial charge in [0, 0.05) is 12.1 Å². The Labute approximate surface area is 118 Å². The molecule has 1 N–H and O–H groups in total. The molecule has 0 radical (unpaired) electrons. The highest BCUT2D eigenvalue weighted by molar-refractivity contribution is 7.99. The summed E-state index contributed by atoms with van der Waals surface area (Å²) in [6.07, 6.45) is 1.12. The van der Waals surface area contributed by atoms with Gasteiger partial charge in [0.15, 0.2) is 0 Å². The highest BCUT2D eigenvalue weighted by Gasteiger charge is 2.11. The van der Waals surface area contributed by atoms with Crippen LogP contribution in [0.4, 0.5) is 4.39 Å². The van der Waals surface area contributed by atoms with Crippen LogP contribution in [-0.2, 0) is 0 Å². The molecule has 4 heteroatoms. The Bertz CT molecular complexity index is 373. The van der Waals surface area contributed by atoms with Crippen LogP contribution in [0.25, 0.3) is 0 Å². The van der Waals surface area contributed by atoms with E-state index in [4.69, 9.17) is 11.6 Å². The molecule has 0 aromatic heterocycles. The third-order valence-corrected chi connectivity index (χ3v) is 4.12. The summed E-state index contributed by atoms with van der Waals surface area (Å²) < 4.78 is 13.4. The second-order valence-corrected chi connectivity index (χ2v) is 6.25. The van der Waals surface area contributed by atoms with Gasteiger partial charge >= 0.3 is 0 Å². The number of nitrogens with one attached hydrogen (secondary N) is 1. The zero-order chi connectivity index (χ0) is 13.5. The molecule has 0 aliphatic rings. The maximum absolute atomic E-state index is 13.4. The van der Waals surface area contributed by atoms with Crippen molar-refractivity contribution in [2.45, 2.75) is 39.3 Å². The van der Waals surface area contributed by atoms with E-state index in [1.54, 1.807) is 6.07 Å². The molecule has 1 aromatic rings. The molecular formula is C14H21ClFNS. The molecule has 18 heavy (non-hydrogen) atoms. The van der Waals surface area contributed by atoms with Crippen molar-refractivity contribution < 1.29 is 4.39 Å². The zero-order valence-corrected chi connectivity index (χ0v) is 12.7. The van der Waals surface area contributed by atoms with E-state index in [9.17, 15) is 4.39 Å². The van der Waals surface area contributed by atoms with E-state index in [-0.39, 0.29) is 16.9 Å². The first kappa shape index (κ1) is 15.8. The summed E-state index contributed by atoms with van der Waals surface area (Å²) >= 11 is 7.62. The molecule has 102 valence electrons. The van der Waals surface area contributed by atoms with Gasteiger partial charge in [0.05, 0.1) is 5.02 Å². The van der Waals surface area contributed by atoms with Gasteiger partial charge in [-0.25, -0.2) is 4.39 Å². The van der Waals surface area contributed by atoms with Crippen LogP contribution >= 0.6 is 23.4 Å². The first-order chi connectivity index (χ1) is 8.54. The Morgan fingerprint density at radius 2 is 2.11 bits per heavy atom. The van der Waals surface area contributed by atoms with Crippen molar-refractivity contribution in [3.63, 3.8) is 0 Å². The summed E-state index contributed by atoms with van der Waals surface area (Å²) in [6.45, 7) is 6.38. The minimum atomic E-state index is -0.350. The van der Waals surface area contributed by atoms with E-state index in [1.807, 2.05) is 24.8 Å². The Balaban J connectivity index is 2.48. The van der Waals surface area contributed by atoms with Gasteiger partial charge in [0.2, 0.25) is 0 Å². The van der Waals surface area contributed by atoms with E-state index in [0.29, 0.717) is 6.04 Å². The van der Waals surface area contributed by atoms with Crippen LogP contribution in [0.2, 0.25) is 5.02 Å². The van der Waals surface area contributed by atoms with Gasteiger partial charge in [0.1, 0.15) is 5.82 Å². The van der Waals surface area contributed by atoms with Gasteiger partial charge in [-0.2, -0.15) is 11.8 Å². The minimum Gasteiger partial charge on any atom is -0.308 e. The van der Waals surface area contributed by atoms with E-state index in [2.05, 4.69) is 19.2 Å². The Morgan fingerprint density at radius 3 is 2.72 bits per heavy atom. The lowest BCUT2D eigenvalue weighted by Crippen LogP contribution is -2.29. The normalized spacial score (nSPS) is 14.5. The van der Waals surface area contributed by atoms with Crippen LogP contribution in [-0.4, -0.2) is 17.5 Å². The molecule has 0 fully saturated rings. The maximum atomic E-state index is 13.4. The quantitative estimate of drug-likeness (QED) is 0.733. The molecular weight excluding hydrogens is 269 g/mol. The largest absolute Gasteiger partial charge is 0.308 e. The molecule has 0 spiro atoms. The highest BCUT2D eigenvalue weighted by Crippen LogP contribution is 2.20. The summed E-state index contributed by atoms with van der Waals surface area (Å²) in [4.78, 5) is 0. The number of rotatable bonds is 7. The van der Waals surface area contributed by atoms with Gasteiger partial charge in [-0.1, -0.05) is 24.6 Å². The van der Waals surface area contributed by atoms with Crippen molar-refractivity contribution in [1.29, 1.82) is 0 Å². The number of hydrogen-bond acceptors (Lipinski definition) is 2. The summed E-state index contributed by atoms with van der Waals surface area (Å²) in [5, 5.41) is 3.66. The molecule has 0 bridgehead atoms. The number of halogens is 2. The summed E-state index contributed by atoms with van der Waals surface area (Å²) in [5.41, 5.74) is 0.937. The Morgan fingerprint density at radius 1 is 1.39 bits per heavy atom. The molecule has 0 saturated carbocycles. The van der Waals surface area contributed by atoms with Crippen molar-refractivity contribution in [2.24, 2.45) is 0 Å². The van der Waals surface area contributed by atoms with Gasteiger partial charge in [-0.05, 0) is 49.5 Å². The van der Waals surface area contributed by atoms with Gasteiger partial charge in [-0.3, -0.25) is 0 Å². The van der Waals surface area contributed by atoms with E-state index >= 15 is 0 Å². The molecule has 1 aromatic carbocycles. The van der Waals surface area contributed by atoms with Crippen LogP contribution < -0.4 is 5.32 Å². The van der Waals surface area contributed by atoms with Crippen LogP contribution in [0, 0.1) is 5.82 Å². The van der Waals surface area contributed by atoms with Crippen LogP contribution in [0.5, 0.6) is 0 Å². The van der Waals surface area contributed by atoms with E-state index in [0.717, 1.165) is 23.5 Å². The maximum Gasteiger partial charge on any atom is 0.142 e. The second kappa shape index (κ2) is 8.03. The molecule has 2 unspecified atom stereocenters. The SMILES string of the molecule is CCSCCC(C)NC(C)c1ccc(Cl)c(F)c1. The predicted molar refractivity (Wildman–Crippen MR) is 80.0 cm³/mol. The van der Waals surface area contributed by atoms with Crippen molar-refractivity contribution in [2.75, 3.05) is 11.5 Å². The molecule has 1 rings (SSSR count). The van der Waals surface area contributed by atoms with Crippen molar-refractivity contribution in [3.8, 4) is 0 Å². The molecule has 0 saturated heterocycles. The predicted octanol–water partition coefficient (Wildman–Crippen LogP) is 4.66. The fraction of sp³-hybridized carbons (Fsp3) is 0.571. The van der Waals surface area contributed by atoms with Crippen LogP contribution in [0.1, 0.15) is 38.8 Å². The third-order valence-electron chi connectivity index (χ3n) is 2.88. The van der Waals surface area contributed by atoms with Gasteiger partial charge < -0.3 is 5.32 Å². The number of thioether (sulfide) groups is 1. The smallest absolute Gasteiger partial charge is 0.142 e.